The molecule has 22 heavy (non-hydrogen) atoms. The molecule has 112 valence electrons. The molecule has 0 aliphatic carbocycles. The van der Waals surface area contributed by atoms with Crippen molar-refractivity contribution in [3.8, 4) is 5.75 Å². The highest BCUT2D eigenvalue weighted by atomic mass is 35.5. The predicted octanol–water partition coefficient (Wildman–Crippen LogP) is 4.02. The minimum absolute atomic E-state index is 0.186. The third kappa shape index (κ3) is 3.14. The summed E-state index contributed by atoms with van der Waals surface area (Å²) in [6.45, 7) is -0.186. The van der Waals surface area contributed by atoms with Gasteiger partial charge in [-0.1, -0.05) is 35.3 Å². The molecule has 0 unspecified atom stereocenters. The maximum atomic E-state index is 12.0. The monoisotopic (exact) mass is 353 g/mol. The van der Waals surface area contributed by atoms with E-state index in [0.29, 0.717) is 22.0 Å². The van der Waals surface area contributed by atoms with Crippen LogP contribution in [-0.4, -0.2) is 21.3 Å². The molecule has 3 aromatic rings. The Balaban J connectivity index is 1.68. The number of amides is 1. The van der Waals surface area contributed by atoms with E-state index in [-0.39, 0.29) is 17.5 Å². The van der Waals surface area contributed by atoms with Crippen molar-refractivity contribution in [2.45, 2.75) is 0 Å². The molecule has 0 atom stereocenters. The predicted molar refractivity (Wildman–Crippen MR) is 88.0 cm³/mol. The van der Waals surface area contributed by atoms with Gasteiger partial charge in [0, 0.05) is 0 Å². The van der Waals surface area contributed by atoms with Crippen molar-refractivity contribution < 1.29 is 9.53 Å². The Kier molecular flexibility index (Phi) is 4.42. The molecule has 0 fully saturated rings. The second-order valence-corrected chi connectivity index (χ2v) is 5.64. The van der Waals surface area contributed by atoms with Crippen LogP contribution in [0.4, 0.5) is 5.69 Å². The molecule has 0 aliphatic heterocycles. The lowest BCUT2D eigenvalue weighted by Crippen LogP contribution is -2.20. The van der Waals surface area contributed by atoms with Crippen LogP contribution < -0.4 is 10.1 Å². The number of benzene rings is 2. The summed E-state index contributed by atoms with van der Waals surface area (Å²) >= 11 is 13.0. The van der Waals surface area contributed by atoms with Crippen LogP contribution in [0.3, 0.4) is 0 Å². The van der Waals surface area contributed by atoms with E-state index in [4.69, 9.17) is 27.9 Å². The number of nitrogens with zero attached hydrogens (tertiary/aromatic N) is 2. The van der Waals surface area contributed by atoms with E-state index in [1.54, 1.807) is 30.3 Å². The number of rotatable bonds is 4. The normalized spacial score (nSPS) is 10.6. The van der Waals surface area contributed by atoms with Gasteiger partial charge in [-0.3, -0.25) is 4.79 Å². The molecule has 0 saturated heterocycles. The van der Waals surface area contributed by atoms with Crippen molar-refractivity contribution >= 4 is 57.6 Å². The molecule has 0 radical (unpaired) electrons. The summed E-state index contributed by atoms with van der Waals surface area (Å²) in [6, 6.07) is 10.4. The summed E-state index contributed by atoms with van der Waals surface area (Å²) in [5.74, 6) is 0.0365. The smallest absolute Gasteiger partial charge is 0.262 e. The van der Waals surface area contributed by atoms with E-state index in [0.717, 1.165) is 17.2 Å². The Bertz CT molecular complexity index is 838. The van der Waals surface area contributed by atoms with Crippen LogP contribution in [0.5, 0.6) is 5.75 Å². The molecule has 1 N–H and O–H groups in total. The fourth-order valence-electron chi connectivity index (χ4n) is 1.83. The molecule has 8 heteroatoms. The first-order valence-corrected chi connectivity index (χ1v) is 7.72. The van der Waals surface area contributed by atoms with E-state index in [1.807, 2.05) is 6.07 Å². The van der Waals surface area contributed by atoms with Gasteiger partial charge in [0.25, 0.3) is 5.91 Å². The first-order chi connectivity index (χ1) is 10.6. The molecule has 3 rings (SSSR count). The van der Waals surface area contributed by atoms with Crippen LogP contribution >= 0.6 is 34.9 Å². The van der Waals surface area contributed by atoms with Gasteiger partial charge >= 0.3 is 0 Å². The molecule has 1 amide bonds. The highest BCUT2D eigenvalue weighted by Gasteiger charge is 2.11. The van der Waals surface area contributed by atoms with Gasteiger partial charge in [0.2, 0.25) is 0 Å². The number of aromatic nitrogens is 2. The molecule has 5 nitrogen and oxygen atoms in total. The number of hydrogen-bond acceptors (Lipinski definition) is 5. The molecule has 2 aromatic carbocycles. The summed E-state index contributed by atoms with van der Waals surface area (Å²) in [4.78, 5) is 12.0. The number of halogens is 2. The Morgan fingerprint density at radius 2 is 2.00 bits per heavy atom. The lowest BCUT2D eigenvalue weighted by molar-refractivity contribution is -0.118. The Labute approximate surface area is 140 Å². The van der Waals surface area contributed by atoms with Gasteiger partial charge in [-0.2, -0.15) is 8.75 Å². The average molecular weight is 354 g/mol. The average Bonchev–Trinajstić information content (AvgIpc) is 2.98. The largest absolute Gasteiger partial charge is 0.482 e. The second kappa shape index (κ2) is 6.48. The van der Waals surface area contributed by atoms with Gasteiger partial charge < -0.3 is 10.1 Å². The molecule has 0 bridgehead atoms. The maximum absolute atomic E-state index is 12.0. The van der Waals surface area contributed by atoms with Crippen molar-refractivity contribution in [3.63, 3.8) is 0 Å². The topological polar surface area (TPSA) is 64.1 Å². The van der Waals surface area contributed by atoms with E-state index in [2.05, 4.69) is 14.1 Å². The summed E-state index contributed by atoms with van der Waals surface area (Å²) in [5.41, 5.74) is 1.99. The standard InChI is InChI=1S/C14H9Cl2N3O2S/c15-8-3-1-6-11(13(8)16)21-7-12(20)17-9-4-2-5-10-14(9)19-22-18-10/h1-6H,7H2,(H,17,20). The summed E-state index contributed by atoms with van der Waals surface area (Å²) < 4.78 is 13.7. The first-order valence-electron chi connectivity index (χ1n) is 6.23. The summed E-state index contributed by atoms with van der Waals surface area (Å²) in [7, 11) is 0. The van der Waals surface area contributed by atoms with Crippen molar-refractivity contribution in [2.24, 2.45) is 0 Å². The molecule has 0 spiro atoms. The molecule has 0 saturated carbocycles. The first kappa shape index (κ1) is 15.0. The van der Waals surface area contributed by atoms with Crippen molar-refractivity contribution in [1.29, 1.82) is 0 Å². The van der Waals surface area contributed by atoms with E-state index < -0.39 is 0 Å². The zero-order chi connectivity index (χ0) is 15.5. The van der Waals surface area contributed by atoms with Gasteiger partial charge in [-0.15, -0.1) is 0 Å². The number of fused-ring (bicyclic) bond motifs is 1. The van der Waals surface area contributed by atoms with E-state index >= 15 is 0 Å². The highest BCUT2D eigenvalue weighted by Crippen LogP contribution is 2.31. The number of carbonyl (C=O) groups is 1. The van der Waals surface area contributed by atoms with Crippen LogP contribution in [-0.2, 0) is 4.79 Å². The van der Waals surface area contributed by atoms with Crippen LogP contribution in [0.15, 0.2) is 36.4 Å². The highest BCUT2D eigenvalue weighted by molar-refractivity contribution is 7.00. The van der Waals surface area contributed by atoms with Crippen LogP contribution in [0.1, 0.15) is 0 Å². The quantitative estimate of drug-likeness (QED) is 0.769. The zero-order valence-corrected chi connectivity index (χ0v) is 13.4. The van der Waals surface area contributed by atoms with Crippen molar-refractivity contribution in [3.05, 3.63) is 46.4 Å². The molecule has 1 heterocycles. The number of ether oxygens (including phenoxy) is 1. The summed E-state index contributed by atoms with van der Waals surface area (Å²) in [5, 5.41) is 3.39. The minimum Gasteiger partial charge on any atom is -0.482 e. The molecular weight excluding hydrogens is 345 g/mol. The second-order valence-electron chi connectivity index (χ2n) is 4.33. The van der Waals surface area contributed by atoms with Crippen molar-refractivity contribution in [1.82, 2.24) is 8.75 Å². The third-order valence-corrected chi connectivity index (χ3v) is 4.18. The fourth-order valence-corrected chi connectivity index (χ4v) is 2.73. The summed E-state index contributed by atoms with van der Waals surface area (Å²) in [6.07, 6.45) is 0. The van der Waals surface area contributed by atoms with E-state index in [9.17, 15) is 4.79 Å². The number of nitrogens with one attached hydrogen (secondary N) is 1. The Morgan fingerprint density at radius 1 is 1.18 bits per heavy atom. The lowest BCUT2D eigenvalue weighted by atomic mass is 10.2. The SMILES string of the molecule is O=C(COc1cccc(Cl)c1Cl)Nc1cccc2nsnc12. The lowest BCUT2D eigenvalue weighted by Gasteiger charge is -2.09. The third-order valence-electron chi connectivity index (χ3n) is 2.84. The zero-order valence-electron chi connectivity index (χ0n) is 11.0. The molecule has 0 aliphatic rings. The number of anilines is 1. The molecule has 1 aromatic heterocycles. The van der Waals surface area contributed by atoms with Crippen LogP contribution in [0.2, 0.25) is 10.0 Å². The molecular formula is C14H9Cl2N3O2S. The minimum atomic E-state index is -0.323. The maximum Gasteiger partial charge on any atom is 0.262 e. The fraction of sp³-hybridized carbons (Fsp3) is 0.0714. The Hall–Kier alpha value is -1.89. The number of carbonyl (C=O) groups excluding carboxylic acids is 1. The number of hydrogen-bond donors (Lipinski definition) is 1. The van der Waals surface area contributed by atoms with Gasteiger partial charge in [0.05, 0.1) is 22.4 Å². The van der Waals surface area contributed by atoms with E-state index in [1.165, 1.54) is 0 Å². The van der Waals surface area contributed by atoms with Crippen LogP contribution in [0.25, 0.3) is 11.0 Å². The van der Waals surface area contributed by atoms with Crippen LogP contribution in [0, 0.1) is 0 Å². The van der Waals surface area contributed by atoms with Gasteiger partial charge in [-0.05, 0) is 24.3 Å². The van der Waals surface area contributed by atoms with Gasteiger partial charge in [0.1, 0.15) is 21.8 Å². The van der Waals surface area contributed by atoms with Crippen molar-refractivity contribution in [2.75, 3.05) is 11.9 Å². The Morgan fingerprint density at radius 3 is 2.86 bits per heavy atom. The van der Waals surface area contributed by atoms with Gasteiger partial charge in [-0.25, -0.2) is 0 Å². The van der Waals surface area contributed by atoms with Gasteiger partial charge in [0.15, 0.2) is 6.61 Å².